The lowest BCUT2D eigenvalue weighted by Gasteiger charge is -2.25. The van der Waals surface area contributed by atoms with Crippen LogP contribution in [0.15, 0.2) is 96.0 Å². The third-order valence-corrected chi connectivity index (χ3v) is 7.79. The van der Waals surface area contributed by atoms with Gasteiger partial charge in [-0.25, -0.2) is 22.9 Å². The third kappa shape index (κ3) is 6.28. The summed E-state index contributed by atoms with van der Waals surface area (Å²) >= 11 is 0. The Labute approximate surface area is 238 Å². The molecular formula is C29H29FN4O6S. The molecule has 3 aromatic carbocycles. The van der Waals surface area contributed by atoms with Crippen LogP contribution in [0.5, 0.6) is 11.5 Å². The van der Waals surface area contributed by atoms with Gasteiger partial charge in [-0.1, -0.05) is 48.5 Å². The summed E-state index contributed by atoms with van der Waals surface area (Å²) in [5.41, 5.74) is 1.81. The van der Waals surface area contributed by atoms with Crippen LogP contribution in [0.3, 0.4) is 0 Å². The van der Waals surface area contributed by atoms with E-state index < -0.39 is 34.0 Å². The number of nitrogens with one attached hydrogen (secondary N) is 2. The zero-order chi connectivity index (χ0) is 29.0. The molecule has 214 valence electrons. The van der Waals surface area contributed by atoms with E-state index in [0.717, 1.165) is 11.6 Å². The van der Waals surface area contributed by atoms with E-state index in [9.17, 15) is 22.4 Å². The fourth-order valence-electron chi connectivity index (χ4n) is 4.34. The normalized spacial score (nSPS) is 12.8. The molecular weight excluding hydrogens is 551 g/mol. The second-order valence-corrected chi connectivity index (χ2v) is 10.8. The number of benzene rings is 3. The molecule has 1 aromatic heterocycles. The molecule has 4 aromatic rings. The number of sulfonamides is 1. The maximum absolute atomic E-state index is 13.6. The Morgan fingerprint density at radius 1 is 1.00 bits per heavy atom. The van der Waals surface area contributed by atoms with E-state index >= 15 is 0 Å². The number of aromatic nitrogens is 1. The van der Waals surface area contributed by atoms with E-state index in [-0.39, 0.29) is 26.5 Å². The average Bonchev–Trinajstić information content (AvgIpc) is 3.45. The first-order valence-electron chi connectivity index (χ1n) is 12.5. The topological polar surface area (TPSA) is 127 Å². The van der Waals surface area contributed by atoms with Crippen molar-refractivity contribution >= 4 is 27.6 Å². The maximum atomic E-state index is 13.6. The molecule has 0 unspecified atom stereocenters. The average molecular weight is 581 g/mol. The zero-order valence-corrected chi connectivity index (χ0v) is 22.6. The fourth-order valence-corrected chi connectivity index (χ4v) is 5.49. The second kappa shape index (κ2) is 11.6. The molecule has 12 heteroatoms. The van der Waals surface area contributed by atoms with E-state index in [0.29, 0.717) is 22.7 Å². The van der Waals surface area contributed by atoms with Crippen molar-refractivity contribution in [1.82, 2.24) is 15.0 Å². The Morgan fingerprint density at radius 3 is 2.49 bits per heavy atom. The number of hydrogen-bond acceptors (Lipinski definition) is 7. The molecule has 5 rings (SSSR count). The van der Waals surface area contributed by atoms with Crippen LogP contribution in [0, 0.1) is 5.95 Å². The van der Waals surface area contributed by atoms with Crippen molar-refractivity contribution in [1.29, 1.82) is 0 Å². The van der Waals surface area contributed by atoms with E-state index in [1.54, 1.807) is 55.6 Å². The van der Waals surface area contributed by atoms with Gasteiger partial charge in [0.25, 0.3) is 10.0 Å². The molecule has 0 bridgehead atoms. The van der Waals surface area contributed by atoms with E-state index in [2.05, 4.69) is 10.3 Å². The molecule has 1 aliphatic rings. The van der Waals surface area contributed by atoms with Crippen LogP contribution >= 0.6 is 0 Å². The summed E-state index contributed by atoms with van der Waals surface area (Å²) in [6, 6.07) is 20.2. The second-order valence-electron chi connectivity index (χ2n) is 9.12. The summed E-state index contributed by atoms with van der Waals surface area (Å²) in [6.07, 6.45) is 1.30. The third-order valence-electron chi connectivity index (χ3n) is 6.40. The van der Waals surface area contributed by atoms with Gasteiger partial charge in [0, 0.05) is 45.4 Å². The molecule has 1 aliphatic heterocycles. The highest BCUT2D eigenvalue weighted by Crippen LogP contribution is 2.35. The number of pyridine rings is 1. The van der Waals surface area contributed by atoms with Gasteiger partial charge < -0.3 is 19.7 Å². The number of carbonyl (C=O) groups is 2. The number of likely N-dealkylation sites (N-methyl/N-ethyl adjacent to an activating group) is 1. The summed E-state index contributed by atoms with van der Waals surface area (Å²) < 4.78 is 52.6. The maximum Gasteiger partial charge on any atom is 0.329 e. The lowest BCUT2D eigenvalue weighted by Crippen LogP contribution is -2.52. The van der Waals surface area contributed by atoms with Gasteiger partial charge in [0.1, 0.15) is 6.04 Å². The Morgan fingerprint density at radius 2 is 1.73 bits per heavy atom. The number of hydrogen-bond donors (Lipinski definition) is 2. The fraction of sp³-hybridized carbons (Fsp3) is 0.138. The minimum atomic E-state index is -4.41. The summed E-state index contributed by atoms with van der Waals surface area (Å²) in [7, 11) is -2.87. The highest BCUT2D eigenvalue weighted by atomic mass is 32.2. The molecule has 0 radical (unpaired) electrons. The Hall–Kier alpha value is -4.97. The van der Waals surface area contributed by atoms with E-state index in [4.69, 9.17) is 9.47 Å². The molecule has 2 heterocycles. The summed E-state index contributed by atoms with van der Waals surface area (Å²) in [6.45, 7) is 0.0735. The number of fused-ring (bicyclic) bond motifs is 1. The van der Waals surface area contributed by atoms with Crippen molar-refractivity contribution in [2.75, 3.05) is 18.7 Å². The number of anilines is 1. The molecule has 0 spiro atoms. The summed E-state index contributed by atoms with van der Waals surface area (Å²) in [4.78, 5) is 31.4. The van der Waals surface area contributed by atoms with Gasteiger partial charge in [-0.2, -0.15) is 4.39 Å². The molecule has 1 atom stereocenters. The van der Waals surface area contributed by atoms with Crippen LogP contribution < -0.4 is 24.4 Å². The summed E-state index contributed by atoms with van der Waals surface area (Å²) in [5, 5.41) is 2.52. The molecule has 3 amide bonds. The summed E-state index contributed by atoms with van der Waals surface area (Å²) in [5.74, 6) is -0.173. The van der Waals surface area contributed by atoms with Crippen molar-refractivity contribution in [3.8, 4) is 22.6 Å². The van der Waals surface area contributed by atoms with Crippen molar-refractivity contribution in [2.45, 2.75) is 17.4 Å². The van der Waals surface area contributed by atoms with Crippen molar-refractivity contribution < 1.29 is 34.7 Å². The smallest absolute Gasteiger partial charge is 0.329 e. The van der Waals surface area contributed by atoms with E-state index in [1.165, 1.54) is 35.4 Å². The van der Waals surface area contributed by atoms with Gasteiger partial charge in [0.2, 0.25) is 18.6 Å². The van der Waals surface area contributed by atoms with Gasteiger partial charge in [-0.05, 0) is 35.9 Å². The molecule has 10 nitrogen and oxygen atoms in total. The van der Waals surface area contributed by atoms with Gasteiger partial charge >= 0.3 is 6.03 Å². The van der Waals surface area contributed by atoms with Crippen LogP contribution in [-0.4, -0.2) is 45.2 Å². The van der Waals surface area contributed by atoms with Crippen LogP contribution in [-0.2, 0) is 21.2 Å². The predicted molar refractivity (Wildman–Crippen MR) is 153 cm³/mol. The highest BCUT2D eigenvalue weighted by Gasteiger charge is 2.29. The molecule has 0 saturated heterocycles. The van der Waals surface area contributed by atoms with E-state index in [1.807, 2.05) is 10.8 Å². The number of nitrogens with zero attached hydrogens (tertiary/aromatic N) is 2. The first-order chi connectivity index (χ1) is 19.7. The number of carbonyl (C=O) groups excluding carboxylic acids is 2. The first-order valence-corrected chi connectivity index (χ1v) is 13.9. The standard InChI is InChI=1S/C29H25FN4O6S.2H2/c1-34(21-12-13-24-25(16-21)40-18-39-24)28(35)23(15-19-7-3-2-4-8-19)32-29(36)33-41(37,38)26-10-6-5-9-22(26)20-11-14-27(30)31-17-20;;/h2-14,16-17,23H,15,18H2,1H3,(H2,32,33,36);2*1H/t23-;;/m0../s1. The lowest BCUT2D eigenvalue weighted by molar-refractivity contribution is -0.120. The monoisotopic (exact) mass is 580 g/mol. The SMILES string of the molecule is CN(C(=O)[C@H](Cc1ccccc1)NC(=O)NS(=O)(=O)c1ccccc1-c1ccc(F)nc1)c1ccc2c(c1)OCO2.[HH].[HH]. The molecule has 0 fully saturated rings. The van der Waals surface area contributed by atoms with Gasteiger partial charge in [0.15, 0.2) is 11.5 Å². The van der Waals surface area contributed by atoms with Crippen LogP contribution in [0.2, 0.25) is 0 Å². The predicted octanol–water partition coefficient (Wildman–Crippen LogP) is 4.37. The van der Waals surface area contributed by atoms with Crippen LogP contribution in [0.1, 0.15) is 8.42 Å². The number of halogens is 1. The molecule has 41 heavy (non-hydrogen) atoms. The zero-order valence-electron chi connectivity index (χ0n) is 21.8. The Bertz CT molecular complexity index is 1700. The quantitative estimate of drug-likeness (QED) is 0.296. The first kappa shape index (κ1) is 27.6. The number of rotatable bonds is 8. The van der Waals surface area contributed by atoms with Crippen LogP contribution in [0.25, 0.3) is 11.1 Å². The molecule has 2 N–H and O–H groups in total. The van der Waals surface area contributed by atoms with Crippen molar-refractivity contribution in [3.05, 3.63) is 103 Å². The van der Waals surface area contributed by atoms with Crippen molar-refractivity contribution in [2.24, 2.45) is 0 Å². The van der Waals surface area contributed by atoms with Gasteiger partial charge in [-0.3, -0.25) is 4.79 Å². The largest absolute Gasteiger partial charge is 0.454 e. The van der Waals surface area contributed by atoms with Gasteiger partial charge in [-0.15, -0.1) is 0 Å². The Balaban J connectivity index is 0.00000253. The minimum absolute atomic E-state index is 0. The molecule has 0 saturated carbocycles. The minimum Gasteiger partial charge on any atom is -0.454 e. The number of amides is 3. The van der Waals surface area contributed by atoms with Gasteiger partial charge in [0.05, 0.1) is 4.90 Å². The lowest BCUT2D eigenvalue weighted by atomic mass is 10.0. The molecule has 0 aliphatic carbocycles. The number of urea groups is 1. The Kier molecular flexibility index (Phi) is 7.83. The number of ether oxygens (including phenoxy) is 2. The van der Waals surface area contributed by atoms with Crippen LogP contribution in [0.4, 0.5) is 14.9 Å². The van der Waals surface area contributed by atoms with Crippen molar-refractivity contribution in [3.63, 3.8) is 0 Å². The highest BCUT2D eigenvalue weighted by molar-refractivity contribution is 7.90.